The molecule has 16 heteroatoms. The number of aromatic nitrogens is 3. The summed E-state index contributed by atoms with van der Waals surface area (Å²) in [5.74, 6) is -4.76. The number of aliphatic hydroxyl groups is 1. The molecule has 3 aromatic rings. The smallest absolute Gasteiger partial charge is 0.410 e. The largest absolute Gasteiger partial charge is 0.461 e. The third-order valence-corrected chi connectivity index (χ3v) is 14.9. The highest BCUT2D eigenvalue weighted by Gasteiger charge is 2.60. The number of ether oxygens (including phenoxy) is 6. The van der Waals surface area contributed by atoms with Gasteiger partial charge in [-0.05, 0) is 91.1 Å². The van der Waals surface area contributed by atoms with Gasteiger partial charge in [-0.3, -0.25) is 19.4 Å². The average molecular weight is 946 g/mol. The number of hydrogen-bond donors (Lipinski definition) is 1. The van der Waals surface area contributed by atoms with E-state index >= 15 is 4.79 Å². The fourth-order valence-electron chi connectivity index (χ4n) is 10.9. The van der Waals surface area contributed by atoms with Gasteiger partial charge in [0.1, 0.15) is 24.1 Å². The van der Waals surface area contributed by atoms with Crippen LogP contribution >= 0.6 is 0 Å². The minimum Gasteiger partial charge on any atom is -0.461 e. The maximum atomic E-state index is 15.1. The number of likely N-dealkylation sites (N-methyl/N-ethyl adjacent to an activating group) is 1. The van der Waals surface area contributed by atoms with Gasteiger partial charge in [0.15, 0.2) is 11.9 Å². The van der Waals surface area contributed by atoms with Crippen LogP contribution in [0.1, 0.15) is 100.0 Å². The maximum absolute atomic E-state index is 15.1. The Morgan fingerprint density at radius 3 is 2.32 bits per heavy atom. The van der Waals surface area contributed by atoms with Crippen molar-refractivity contribution < 1.29 is 52.7 Å². The molecule has 1 amide bonds. The van der Waals surface area contributed by atoms with Crippen LogP contribution in [0.25, 0.3) is 11.3 Å². The quantitative estimate of drug-likeness (QED) is 0.0944. The summed E-state index contributed by atoms with van der Waals surface area (Å²) in [6.07, 6.45) is 2.86. The molecular formula is C52H75N5O11. The molecule has 1 aromatic carbocycles. The summed E-state index contributed by atoms with van der Waals surface area (Å²) in [6, 6.07) is 12.3. The summed E-state index contributed by atoms with van der Waals surface area (Å²) in [6.45, 7) is 18.1. The van der Waals surface area contributed by atoms with E-state index in [0.717, 1.165) is 11.3 Å². The number of carbonyl (C=O) groups is 4. The van der Waals surface area contributed by atoms with Crippen molar-refractivity contribution in [1.29, 1.82) is 0 Å². The van der Waals surface area contributed by atoms with Gasteiger partial charge in [0.05, 0.1) is 48.2 Å². The zero-order valence-electron chi connectivity index (χ0n) is 41.9. The number of fused-ring (bicyclic) bond motifs is 1. The van der Waals surface area contributed by atoms with E-state index in [4.69, 9.17) is 28.4 Å². The van der Waals surface area contributed by atoms with Crippen molar-refractivity contribution >= 4 is 23.8 Å². The van der Waals surface area contributed by atoms with E-state index in [1.54, 1.807) is 49.6 Å². The lowest BCUT2D eigenvalue weighted by molar-refractivity contribution is -0.302. The number of amides is 1. The van der Waals surface area contributed by atoms with E-state index in [2.05, 4.69) is 14.9 Å². The zero-order chi connectivity index (χ0) is 49.5. The number of unbranched alkanes of at least 4 members (excludes halogenated alkanes) is 1. The van der Waals surface area contributed by atoms with E-state index in [0.29, 0.717) is 44.5 Å². The summed E-state index contributed by atoms with van der Waals surface area (Å²) < 4.78 is 40.8. The first-order valence-electron chi connectivity index (χ1n) is 24.5. The number of pyridine rings is 1. The van der Waals surface area contributed by atoms with Gasteiger partial charge < -0.3 is 47.9 Å². The molecule has 2 aromatic heterocycles. The number of esters is 2. The molecule has 3 saturated heterocycles. The van der Waals surface area contributed by atoms with Crippen LogP contribution in [0.4, 0.5) is 4.79 Å². The number of benzene rings is 1. The van der Waals surface area contributed by atoms with E-state index in [-0.39, 0.29) is 37.2 Å². The molecule has 3 aliphatic heterocycles. The number of imidazole rings is 1. The van der Waals surface area contributed by atoms with Crippen molar-refractivity contribution in [3.8, 4) is 11.3 Å². The first-order valence-corrected chi connectivity index (χ1v) is 24.5. The molecule has 0 bridgehead atoms. The normalized spacial score (nSPS) is 34.0. The van der Waals surface area contributed by atoms with E-state index in [1.165, 1.54) is 7.11 Å². The molecule has 1 N–H and O–H groups in total. The summed E-state index contributed by atoms with van der Waals surface area (Å²) in [7, 11) is 3.47. The Labute approximate surface area is 402 Å². The van der Waals surface area contributed by atoms with Crippen LogP contribution in [-0.4, -0.2) is 141 Å². The lowest BCUT2D eigenvalue weighted by atomic mass is 9.73. The fraction of sp³-hybridized carbons (Fsp3) is 0.654. The van der Waals surface area contributed by atoms with Crippen molar-refractivity contribution in [2.75, 3.05) is 27.2 Å². The maximum Gasteiger partial charge on any atom is 0.410 e. The Bertz CT molecular complexity index is 2140. The second-order valence-corrected chi connectivity index (χ2v) is 19.8. The van der Waals surface area contributed by atoms with Gasteiger partial charge in [0.2, 0.25) is 0 Å². The monoisotopic (exact) mass is 946 g/mol. The first-order chi connectivity index (χ1) is 32.3. The van der Waals surface area contributed by atoms with Gasteiger partial charge in [0, 0.05) is 68.1 Å². The third kappa shape index (κ3) is 11.6. The van der Waals surface area contributed by atoms with Gasteiger partial charge in [-0.25, -0.2) is 9.78 Å². The topological polar surface area (TPSA) is 181 Å². The summed E-state index contributed by atoms with van der Waals surface area (Å²) in [4.78, 5) is 70.2. The summed E-state index contributed by atoms with van der Waals surface area (Å²) in [5, 5.41) is 11.9. The molecule has 14 atom stereocenters. The molecule has 16 nitrogen and oxygen atoms in total. The molecule has 3 fully saturated rings. The van der Waals surface area contributed by atoms with Crippen LogP contribution in [0, 0.1) is 23.7 Å². The van der Waals surface area contributed by atoms with Gasteiger partial charge >= 0.3 is 18.0 Å². The molecule has 6 rings (SSSR count). The number of aliphatic hydroxyl groups excluding tert-OH is 1. The lowest BCUT2D eigenvalue weighted by Crippen LogP contribution is -2.61. The minimum atomic E-state index is -1.43. The van der Waals surface area contributed by atoms with Gasteiger partial charge in [-0.15, -0.1) is 0 Å². The number of nitrogens with zero attached hydrogens (tertiary/aromatic N) is 5. The molecule has 3 aliphatic rings. The van der Waals surface area contributed by atoms with Crippen molar-refractivity contribution in [3.63, 3.8) is 0 Å². The molecule has 0 spiro atoms. The second kappa shape index (κ2) is 22.8. The predicted octanol–water partition coefficient (Wildman–Crippen LogP) is 6.90. The Morgan fingerprint density at radius 2 is 1.66 bits per heavy atom. The van der Waals surface area contributed by atoms with Crippen LogP contribution in [-0.2, 0) is 55.8 Å². The molecular weight excluding hydrogens is 871 g/mol. The highest BCUT2D eigenvalue weighted by atomic mass is 16.7. The van der Waals surface area contributed by atoms with E-state index in [1.807, 2.05) is 96.6 Å². The molecule has 0 radical (unpaired) electrons. The highest BCUT2D eigenvalue weighted by Crippen LogP contribution is 2.44. The summed E-state index contributed by atoms with van der Waals surface area (Å²) in [5.41, 5.74) is -0.168. The SMILES string of the molecule is CC[C@H]1OC(=O)[C@H](C)[C@@H](OC(=O)Cc2ccncc2)[C@H](C)[C@@H](O[C@H]2O[C@@H](C)C[C@@H](N(C)CC)[C@@H]2O)[C@](C)(OC)C[C@@H](C)C(=O)[C@H](C)[C@H]2N(CCCCn3cnc(-c4ccccc4)c3)C(=O)O[C@]12C. The van der Waals surface area contributed by atoms with Crippen LogP contribution in [0.2, 0.25) is 0 Å². The van der Waals surface area contributed by atoms with Gasteiger partial charge in [-0.1, -0.05) is 65.0 Å². The predicted molar refractivity (Wildman–Crippen MR) is 254 cm³/mol. The highest BCUT2D eigenvalue weighted by molar-refractivity contribution is 5.85. The number of carbonyl (C=O) groups excluding carboxylic acids is 4. The number of aryl methyl sites for hydroxylation is 1. The average Bonchev–Trinajstić information content (AvgIpc) is 3.91. The Morgan fingerprint density at radius 1 is 0.971 bits per heavy atom. The number of rotatable bonds is 15. The molecule has 68 heavy (non-hydrogen) atoms. The zero-order valence-corrected chi connectivity index (χ0v) is 41.9. The van der Waals surface area contributed by atoms with Crippen molar-refractivity contribution in [2.24, 2.45) is 23.7 Å². The molecule has 374 valence electrons. The number of methoxy groups -OCH3 is 1. The Hall–Kier alpha value is -4.74. The number of ketones is 1. The van der Waals surface area contributed by atoms with E-state index in [9.17, 15) is 19.5 Å². The minimum absolute atomic E-state index is 0.100. The standard InChI is InChI=1S/C52H75N5O11/c1-12-41-52(9)46(57(50(62)68-52)26-18-17-25-56-30-39(54-31-56)38-19-15-14-16-20-38)34(5)43(59)32(3)29-51(8,63-11)47(67-49-44(60)40(55(10)13-2)27-33(4)64-49)35(6)45(36(7)48(61)65-41)66-42(58)28-37-21-23-53-24-22-37/h14-16,19-24,30-36,40-41,44-47,49,60H,12-13,17-18,25-29H2,1-11H3/t32-,33+,34+,35+,36-,40-,41-,44+,45+,46-,47-,49-,51-,52-/m1/s1. The van der Waals surface area contributed by atoms with Gasteiger partial charge in [-0.2, -0.15) is 0 Å². The second-order valence-electron chi connectivity index (χ2n) is 19.8. The number of hydrogen-bond acceptors (Lipinski definition) is 14. The van der Waals surface area contributed by atoms with Crippen LogP contribution in [0.15, 0.2) is 67.4 Å². The number of cyclic esters (lactones) is 1. The fourth-order valence-corrected chi connectivity index (χ4v) is 10.9. The number of Topliss-reactive ketones (excluding diaryl/α,β-unsaturated/α-hetero) is 1. The summed E-state index contributed by atoms with van der Waals surface area (Å²) >= 11 is 0. The van der Waals surface area contributed by atoms with Crippen LogP contribution in [0.5, 0.6) is 0 Å². The van der Waals surface area contributed by atoms with Gasteiger partial charge in [0.25, 0.3) is 0 Å². The molecule has 0 unspecified atom stereocenters. The van der Waals surface area contributed by atoms with Crippen LogP contribution in [0.3, 0.4) is 0 Å². The Balaban J connectivity index is 1.35. The lowest BCUT2D eigenvalue weighted by Gasteiger charge is -2.48. The van der Waals surface area contributed by atoms with Crippen molar-refractivity contribution in [3.05, 3.63) is 72.9 Å². The molecule has 5 heterocycles. The van der Waals surface area contributed by atoms with Crippen molar-refractivity contribution in [1.82, 2.24) is 24.3 Å². The van der Waals surface area contributed by atoms with E-state index < -0.39 is 89.7 Å². The molecule has 0 aliphatic carbocycles. The Kier molecular flexibility index (Phi) is 17.6. The first kappa shape index (κ1) is 52.6. The van der Waals surface area contributed by atoms with Crippen molar-refractivity contribution in [2.45, 2.75) is 167 Å². The molecule has 0 saturated carbocycles. The van der Waals surface area contributed by atoms with Crippen LogP contribution < -0.4 is 0 Å². The third-order valence-electron chi connectivity index (χ3n) is 14.9.